The lowest BCUT2D eigenvalue weighted by Gasteiger charge is -2.07. The molecule has 0 aliphatic carbocycles. The van der Waals surface area contributed by atoms with Crippen molar-refractivity contribution in [2.24, 2.45) is 0 Å². The quantitative estimate of drug-likeness (QED) is 0.495. The molecule has 4 rings (SSSR count). The minimum absolute atomic E-state index is 0.0988. The van der Waals surface area contributed by atoms with Crippen LogP contribution in [0.2, 0.25) is 5.02 Å². The second-order valence-corrected chi connectivity index (χ2v) is 6.83. The zero-order chi connectivity index (χ0) is 19.5. The van der Waals surface area contributed by atoms with Gasteiger partial charge in [-0.15, -0.1) is 0 Å². The Morgan fingerprint density at radius 1 is 1.04 bits per heavy atom. The number of fused-ring (bicyclic) bond motifs is 1. The summed E-state index contributed by atoms with van der Waals surface area (Å²) >= 11 is 5.87. The molecule has 0 spiro atoms. The van der Waals surface area contributed by atoms with Gasteiger partial charge in [-0.1, -0.05) is 17.7 Å². The van der Waals surface area contributed by atoms with Crippen molar-refractivity contribution in [3.63, 3.8) is 0 Å². The maximum absolute atomic E-state index is 13.3. The number of carbonyl (C=O) groups is 1. The molecule has 0 saturated heterocycles. The minimum atomic E-state index is -0.295. The third kappa shape index (κ3) is 3.89. The number of rotatable bonds is 5. The standard InChI is InChI=1S/C22H17ClFN3O/c23-16-6-10-18(11-7-16)25-21(28)13-12-19-22(15-4-8-17(24)9-5-15)26-20-3-1-2-14-27(19)20/h1-11,14H,12-13H2,(H,25,28). The lowest BCUT2D eigenvalue weighted by atomic mass is 10.1. The van der Waals surface area contributed by atoms with E-state index < -0.39 is 0 Å². The smallest absolute Gasteiger partial charge is 0.224 e. The van der Waals surface area contributed by atoms with Crippen LogP contribution in [0.5, 0.6) is 0 Å². The molecule has 0 atom stereocenters. The van der Waals surface area contributed by atoms with E-state index in [1.54, 1.807) is 36.4 Å². The van der Waals surface area contributed by atoms with Crippen molar-refractivity contribution in [2.45, 2.75) is 12.8 Å². The number of amides is 1. The lowest BCUT2D eigenvalue weighted by Crippen LogP contribution is -2.13. The lowest BCUT2D eigenvalue weighted by molar-refractivity contribution is -0.116. The van der Waals surface area contributed by atoms with Gasteiger partial charge in [0.25, 0.3) is 0 Å². The Bertz CT molecular complexity index is 1120. The van der Waals surface area contributed by atoms with Gasteiger partial charge in [-0.05, 0) is 67.1 Å². The van der Waals surface area contributed by atoms with E-state index in [4.69, 9.17) is 11.6 Å². The first-order valence-corrected chi connectivity index (χ1v) is 9.25. The molecule has 0 unspecified atom stereocenters. The molecule has 0 radical (unpaired) electrons. The summed E-state index contributed by atoms with van der Waals surface area (Å²) in [5, 5.41) is 3.49. The van der Waals surface area contributed by atoms with Crippen LogP contribution in [0.1, 0.15) is 12.1 Å². The molecule has 4 aromatic rings. The summed E-state index contributed by atoms with van der Waals surface area (Å²) in [4.78, 5) is 17.1. The predicted molar refractivity (Wildman–Crippen MR) is 109 cm³/mol. The number of hydrogen-bond donors (Lipinski definition) is 1. The molecule has 28 heavy (non-hydrogen) atoms. The highest BCUT2D eigenvalue weighted by atomic mass is 35.5. The van der Waals surface area contributed by atoms with E-state index in [0.717, 1.165) is 22.6 Å². The fraction of sp³-hybridized carbons (Fsp3) is 0.0909. The number of aryl methyl sites for hydroxylation is 1. The third-order valence-corrected chi connectivity index (χ3v) is 4.72. The van der Waals surface area contributed by atoms with Crippen LogP contribution in [0, 0.1) is 5.82 Å². The largest absolute Gasteiger partial charge is 0.326 e. The highest BCUT2D eigenvalue weighted by molar-refractivity contribution is 6.30. The SMILES string of the molecule is O=C(CCc1c(-c2ccc(F)cc2)nc2ccccn12)Nc1ccc(Cl)cc1. The fourth-order valence-corrected chi connectivity index (χ4v) is 3.24. The van der Waals surface area contributed by atoms with E-state index in [0.29, 0.717) is 23.6 Å². The molecule has 2 heterocycles. The van der Waals surface area contributed by atoms with Gasteiger partial charge in [0.05, 0.1) is 11.4 Å². The Hall–Kier alpha value is -3.18. The van der Waals surface area contributed by atoms with Crippen molar-refractivity contribution >= 4 is 28.8 Å². The summed E-state index contributed by atoms with van der Waals surface area (Å²) in [5.41, 5.74) is 3.97. The zero-order valence-electron chi connectivity index (χ0n) is 14.9. The van der Waals surface area contributed by atoms with Crippen molar-refractivity contribution in [1.82, 2.24) is 9.38 Å². The van der Waals surface area contributed by atoms with Gasteiger partial charge in [-0.3, -0.25) is 4.79 Å². The van der Waals surface area contributed by atoms with Gasteiger partial charge in [0.1, 0.15) is 11.5 Å². The Morgan fingerprint density at radius 3 is 2.54 bits per heavy atom. The second kappa shape index (κ2) is 7.82. The molecule has 1 N–H and O–H groups in total. The number of benzene rings is 2. The number of nitrogens with one attached hydrogen (secondary N) is 1. The van der Waals surface area contributed by atoms with Crippen LogP contribution in [0.3, 0.4) is 0 Å². The van der Waals surface area contributed by atoms with Crippen LogP contribution in [-0.4, -0.2) is 15.3 Å². The predicted octanol–water partition coefficient (Wildman–Crippen LogP) is 5.37. The molecule has 1 amide bonds. The van der Waals surface area contributed by atoms with Crippen LogP contribution in [0.4, 0.5) is 10.1 Å². The molecule has 0 saturated carbocycles. The van der Waals surface area contributed by atoms with Crippen LogP contribution < -0.4 is 5.32 Å². The molecular formula is C22H17ClFN3O. The molecule has 0 bridgehead atoms. The van der Waals surface area contributed by atoms with Gasteiger partial charge in [0.15, 0.2) is 0 Å². The highest BCUT2D eigenvalue weighted by Crippen LogP contribution is 2.26. The van der Waals surface area contributed by atoms with E-state index in [-0.39, 0.29) is 11.7 Å². The summed E-state index contributed by atoms with van der Waals surface area (Å²) < 4.78 is 15.3. The maximum atomic E-state index is 13.3. The number of aromatic nitrogens is 2. The number of pyridine rings is 1. The van der Waals surface area contributed by atoms with Crippen LogP contribution >= 0.6 is 11.6 Å². The third-order valence-electron chi connectivity index (χ3n) is 4.46. The molecule has 0 fully saturated rings. The van der Waals surface area contributed by atoms with Gasteiger partial charge in [0.2, 0.25) is 5.91 Å². The van der Waals surface area contributed by atoms with E-state index in [1.165, 1.54) is 12.1 Å². The number of halogens is 2. The Kier molecular flexibility index (Phi) is 5.08. The van der Waals surface area contributed by atoms with Gasteiger partial charge in [-0.25, -0.2) is 9.37 Å². The average Bonchev–Trinajstić information content (AvgIpc) is 3.07. The van der Waals surface area contributed by atoms with Crippen molar-refractivity contribution in [1.29, 1.82) is 0 Å². The number of nitrogens with zero attached hydrogens (tertiary/aromatic N) is 2. The molecule has 0 aliphatic heterocycles. The molecule has 6 heteroatoms. The van der Waals surface area contributed by atoms with E-state index in [9.17, 15) is 9.18 Å². The molecule has 0 aliphatic rings. The van der Waals surface area contributed by atoms with Gasteiger partial charge in [0, 0.05) is 28.9 Å². The van der Waals surface area contributed by atoms with Crippen LogP contribution in [-0.2, 0) is 11.2 Å². The van der Waals surface area contributed by atoms with E-state index in [1.807, 2.05) is 28.8 Å². The average molecular weight is 394 g/mol. The van der Waals surface area contributed by atoms with E-state index >= 15 is 0 Å². The monoisotopic (exact) mass is 393 g/mol. The molecule has 2 aromatic heterocycles. The number of hydrogen-bond acceptors (Lipinski definition) is 2. The van der Waals surface area contributed by atoms with E-state index in [2.05, 4.69) is 10.3 Å². The Balaban J connectivity index is 1.58. The maximum Gasteiger partial charge on any atom is 0.224 e. The summed E-state index contributed by atoms with van der Waals surface area (Å²) in [5.74, 6) is -0.394. The zero-order valence-corrected chi connectivity index (χ0v) is 15.7. The van der Waals surface area contributed by atoms with Gasteiger partial charge in [-0.2, -0.15) is 0 Å². The van der Waals surface area contributed by atoms with Crippen molar-refractivity contribution < 1.29 is 9.18 Å². The molecular weight excluding hydrogens is 377 g/mol. The molecule has 140 valence electrons. The fourth-order valence-electron chi connectivity index (χ4n) is 3.11. The summed E-state index contributed by atoms with van der Waals surface area (Å²) in [6, 6.07) is 19.0. The number of anilines is 1. The number of imidazole rings is 1. The second-order valence-electron chi connectivity index (χ2n) is 6.40. The van der Waals surface area contributed by atoms with Gasteiger partial charge >= 0.3 is 0 Å². The van der Waals surface area contributed by atoms with Crippen molar-refractivity contribution in [3.8, 4) is 11.3 Å². The first kappa shape index (κ1) is 18.2. The summed E-state index contributed by atoms with van der Waals surface area (Å²) in [6.07, 6.45) is 2.71. The van der Waals surface area contributed by atoms with Crippen molar-refractivity contribution in [3.05, 3.63) is 89.5 Å². The minimum Gasteiger partial charge on any atom is -0.326 e. The van der Waals surface area contributed by atoms with Crippen LogP contribution in [0.15, 0.2) is 72.9 Å². The Labute approximate surface area is 166 Å². The summed E-state index contributed by atoms with van der Waals surface area (Å²) in [6.45, 7) is 0. The first-order valence-electron chi connectivity index (χ1n) is 8.87. The normalized spacial score (nSPS) is 10.9. The molecule has 2 aromatic carbocycles. The first-order chi connectivity index (χ1) is 13.6. The topological polar surface area (TPSA) is 46.4 Å². The Morgan fingerprint density at radius 2 is 1.79 bits per heavy atom. The number of carbonyl (C=O) groups excluding carboxylic acids is 1. The summed E-state index contributed by atoms with van der Waals surface area (Å²) in [7, 11) is 0. The van der Waals surface area contributed by atoms with Crippen LogP contribution in [0.25, 0.3) is 16.9 Å². The highest BCUT2D eigenvalue weighted by Gasteiger charge is 2.15. The van der Waals surface area contributed by atoms with Gasteiger partial charge < -0.3 is 9.72 Å². The molecule has 4 nitrogen and oxygen atoms in total. The van der Waals surface area contributed by atoms with Crippen molar-refractivity contribution in [2.75, 3.05) is 5.32 Å².